The van der Waals surface area contributed by atoms with Crippen molar-refractivity contribution in [3.8, 4) is 0 Å². The lowest BCUT2D eigenvalue weighted by Crippen LogP contribution is -2.17. The zero-order chi connectivity index (χ0) is 9.26. The lowest BCUT2D eigenvalue weighted by atomic mass is 10.2. The number of cyclic esters (lactones) is 1. The number of rotatable bonds is 2. The van der Waals surface area contributed by atoms with Gasteiger partial charge in [0.15, 0.2) is 0 Å². The fourth-order valence-electron chi connectivity index (χ4n) is 1.31. The van der Waals surface area contributed by atoms with Crippen LogP contribution in [-0.2, 0) is 11.2 Å². The summed E-state index contributed by atoms with van der Waals surface area (Å²) in [7, 11) is 0. The number of thiophene rings is 1. The Balaban J connectivity index is 2.12. The van der Waals surface area contributed by atoms with Crippen molar-refractivity contribution in [2.75, 3.05) is 6.61 Å². The minimum absolute atomic E-state index is 0.0674. The van der Waals surface area contributed by atoms with Crippen LogP contribution in [0.25, 0.3) is 0 Å². The first-order chi connectivity index (χ1) is 6.29. The predicted molar refractivity (Wildman–Crippen MR) is 50.9 cm³/mol. The van der Waals surface area contributed by atoms with Gasteiger partial charge in [0.05, 0.1) is 0 Å². The van der Waals surface area contributed by atoms with Crippen LogP contribution in [0.5, 0.6) is 0 Å². The second-order valence-electron chi connectivity index (χ2n) is 2.95. The van der Waals surface area contributed by atoms with Gasteiger partial charge in [-0.05, 0) is 18.6 Å². The van der Waals surface area contributed by atoms with Gasteiger partial charge in [-0.3, -0.25) is 0 Å². The van der Waals surface area contributed by atoms with Gasteiger partial charge in [0.2, 0.25) is 0 Å². The van der Waals surface area contributed by atoms with Crippen molar-refractivity contribution in [1.29, 1.82) is 0 Å². The van der Waals surface area contributed by atoms with Crippen LogP contribution in [-0.4, -0.2) is 12.7 Å². The van der Waals surface area contributed by atoms with Crippen LogP contribution < -0.4 is 5.32 Å². The lowest BCUT2D eigenvalue weighted by Gasteiger charge is -2.01. The van der Waals surface area contributed by atoms with E-state index in [0.29, 0.717) is 6.61 Å². The summed E-state index contributed by atoms with van der Waals surface area (Å²) >= 11 is 1.74. The van der Waals surface area contributed by atoms with Crippen molar-refractivity contribution in [3.63, 3.8) is 0 Å². The molecule has 1 saturated heterocycles. The Morgan fingerprint density at radius 2 is 2.54 bits per heavy atom. The van der Waals surface area contributed by atoms with Gasteiger partial charge in [-0.25, -0.2) is 4.79 Å². The largest absolute Gasteiger partial charge is 0.447 e. The highest BCUT2D eigenvalue weighted by molar-refractivity contribution is 7.12. The predicted octanol–water partition coefficient (Wildman–Crippen LogP) is 2.09. The molecule has 2 heterocycles. The standard InChI is InChI=1S/C9H11NO2S/c1-2-6-3-4-8(13-6)7-5-12-9(11)10-7/h3-4,7H,2,5H2,1H3,(H,10,11). The molecule has 1 unspecified atom stereocenters. The Bertz CT molecular complexity index is 321. The van der Waals surface area contributed by atoms with Gasteiger partial charge in [0, 0.05) is 9.75 Å². The molecule has 1 amide bonds. The van der Waals surface area contributed by atoms with Gasteiger partial charge < -0.3 is 10.1 Å². The molecule has 0 aromatic carbocycles. The van der Waals surface area contributed by atoms with E-state index in [1.165, 1.54) is 9.75 Å². The molecule has 0 saturated carbocycles. The highest BCUT2D eigenvalue weighted by Gasteiger charge is 2.24. The van der Waals surface area contributed by atoms with Crippen molar-refractivity contribution in [2.45, 2.75) is 19.4 Å². The van der Waals surface area contributed by atoms with Crippen LogP contribution in [0.1, 0.15) is 22.7 Å². The molecule has 1 aromatic rings. The Kier molecular flexibility index (Phi) is 2.22. The topological polar surface area (TPSA) is 38.3 Å². The summed E-state index contributed by atoms with van der Waals surface area (Å²) in [6, 6.07) is 4.23. The van der Waals surface area contributed by atoms with Crippen molar-refractivity contribution >= 4 is 17.4 Å². The Hall–Kier alpha value is -1.03. The molecule has 1 fully saturated rings. The van der Waals surface area contributed by atoms with Gasteiger partial charge in [-0.15, -0.1) is 11.3 Å². The van der Waals surface area contributed by atoms with E-state index in [1.54, 1.807) is 11.3 Å². The number of carbonyl (C=O) groups is 1. The highest BCUT2D eigenvalue weighted by atomic mass is 32.1. The second-order valence-corrected chi connectivity index (χ2v) is 4.15. The number of amides is 1. The van der Waals surface area contributed by atoms with Crippen LogP contribution in [0.4, 0.5) is 4.79 Å². The maximum absolute atomic E-state index is 10.8. The first kappa shape index (κ1) is 8.56. The van der Waals surface area contributed by atoms with Gasteiger partial charge >= 0.3 is 6.09 Å². The van der Waals surface area contributed by atoms with E-state index in [-0.39, 0.29) is 12.1 Å². The molecule has 1 aromatic heterocycles. The molecular formula is C9H11NO2S. The average Bonchev–Trinajstić information content (AvgIpc) is 2.71. The number of aryl methyl sites for hydroxylation is 1. The van der Waals surface area contributed by atoms with Crippen LogP contribution in [0, 0.1) is 0 Å². The van der Waals surface area contributed by atoms with Gasteiger partial charge in [-0.1, -0.05) is 6.92 Å². The molecule has 1 atom stereocenters. The van der Waals surface area contributed by atoms with Crippen molar-refractivity contribution in [3.05, 3.63) is 21.9 Å². The van der Waals surface area contributed by atoms with E-state index in [4.69, 9.17) is 4.74 Å². The van der Waals surface area contributed by atoms with E-state index < -0.39 is 0 Å². The molecule has 1 aliphatic heterocycles. The summed E-state index contributed by atoms with van der Waals surface area (Å²) in [4.78, 5) is 13.3. The molecule has 0 bridgehead atoms. The van der Waals surface area contributed by atoms with E-state index in [0.717, 1.165) is 6.42 Å². The molecule has 1 N–H and O–H groups in total. The summed E-state index contributed by atoms with van der Waals surface area (Å²) in [6.45, 7) is 2.59. The fraction of sp³-hybridized carbons (Fsp3) is 0.444. The molecule has 3 nitrogen and oxygen atoms in total. The summed E-state index contributed by atoms with van der Waals surface area (Å²) in [5.41, 5.74) is 0. The number of nitrogens with one attached hydrogen (secondary N) is 1. The van der Waals surface area contributed by atoms with Crippen molar-refractivity contribution in [2.24, 2.45) is 0 Å². The zero-order valence-corrected chi connectivity index (χ0v) is 8.19. The maximum atomic E-state index is 10.8. The van der Waals surface area contributed by atoms with Crippen LogP contribution in [0.15, 0.2) is 12.1 Å². The average molecular weight is 197 g/mol. The molecule has 13 heavy (non-hydrogen) atoms. The smallest absolute Gasteiger partial charge is 0.407 e. The van der Waals surface area contributed by atoms with E-state index in [1.807, 2.05) is 0 Å². The van der Waals surface area contributed by atoms with Gasteiger partial charge in [-0.2, -0.15) is 0 Å². The highest BCUT2D eigenvalue weighted by Crippen LogP contribution is 2.26. The minimum Gasteiger partial charge on any atom is -0.447 e. The quantitative estimate of drug-likeness (QED) is 0.788. The zero-order valence-electron chi connectivity index (χ0n) is 7.37. The van der Waals surface area contributed by atoms with Crippen LogP contribution in [0.2, 0.25) is 0 Å². The van der Waals surface area contributed by atoms with Crippen LogP contribution in [0.3, 0.4) is 0 Å². The Morgan fingerprint density at radius 3 is 3.08 bits per heavy atom. The molecule has 70 valence electrons. The summed E-state index contributed by atoms with van der Waals surface area (Å²) in [5.74, 6) is 0. The summed E-state index contributed by atoms with van der Waals surface area (Å²) < 4.78 is 4.82. The van der Waals surface area contributed by atoms with E-state index in [2.05, 4.69) is 24.4 Å². The monoisotopic (exact) mass is 197 g/mol. The molecule has 0 radical (unpaired) electrons. The Labute approximate surface area is 80.7 Å². The van der Waals surface area contributed by atoms with Crippen LogP contribution >= 0.6 is 11.3 Å². The normalized spacial score (nSPS) is 21.3. The van der Waals surface area contributed by atoms with Gasteiger partial charge in [0.25, 0.3) is 0 Å². The molecule has 4 heteroatoms. The number of ether oxygens (including phenoxy) is 1. The van der Waals surface area contributed by atoms with E-state index >= 15 is 0 Å². The number of hydrogen-bond acceptors (Lipinski definition) is 3. The lowest BCUT2D eigenvalue weighted by molar-refractivity contribution is 0.177. The SMILES string of the molecule is CCc1ccc(C2COC(=O)N2)s1. The number of hydrogen-bond donors (Lipinski definition) is 1. The number of carbonyl (C=O) groups excluding carboxylic acids is 1. The Morgan fingerprint density at radius 1 is 1.69 bits per heavy atom. The molecular weight excluding hydrogens is 186 g/mol. The van der Waals surface area contributed by atoms with Gasteiger partial charge in [0.1, 0.15) is 12.6 Å². The fourth-order valence-corrected chi connectivity index (χ4v) is 2.30. The minimum atomic E-state index is -0.309. The molecule has 0 aliphatic carbocycles. The third-order valence-corrected chi connectivity index (χ3v) is 3.39. The molecule has 1 aliphatic rings. The van der Waals surface area contributed by atoms with Crippen molar-refractivity contribution in [1.82, 2.24) is 5.32 Å². The molecule has 2 rings (SSSR count). The second kappa shape index (κ2) is 3.38. The molecule has 0 spiro atoms. The summed E-state index contributed by atoms with van der Waals surface area (Å²) in [5, 5.41) is 2.76. The third-order valence-electron chi connectivity index (χ3n) is 2.05. The maximum Gasteiger partial charge on any atom is 0.407 e. The number of alkyl carbamates (subject to hydrolysis) is 1. The first-order valence-electron chi connectivity index (χ1n) is 4.31. The van der Waals surface area contributed by atoms with Crippen molar-refractivity contribution < 1.29 is 9.53 Å². The van der Waals surface area contributed by atoms with E-state index in [9.17, 15) is 4.79 Å². The third kappa shape index (κ3) is 1.67. The first-order valence-corrected chi connectivity index (χ1v) is 5.13. The summed E-state index contributed by atoms with van der Waals surface area (Å²) in [6.07, 6.45) is 0.739.